The quantitative estimate of drug-likeness (QED) is 0.0676. The first kappa shape index (κ1) is 34.1. The van der Waals surface area contributed by atoms with Gasteiger partial charge in [0.2, 0.25) is 0 Å². The Balaban J connectivity index is 0. The Hall–Kier alpha value is -0.0300. The molecule has 0 amide bonds. The Kier molecular flexibility index (Phi) is 17.7. The molecule has 0 unspecified atom stereocenters. The molecule has 0 aromatic heterocycles. The van der Waals surface area contributed by atoms with Crippen LogP contribution in [0, 0.1) is 0 Å². The third kappa shape index (κ3) is 32.2. The second-order valence-corrected chi connectivity index (χ2v) is 11.4. The van der Waals surface area contributed by atoms with E-state index < -0.39 is 7.81 Å². The van der Waals surface area contributed by atoms with E-state index in [0.717, 1.165) is 0 Å². The Morgan fingerprint density at radius 2 is 0.562 bits per heavy atom. The average Bonchev–Trinajstić information content (AvgIpc) is 2.67. The predicted octanol–water partition coefficient (Wildman–Crippen LogP) is 11.5. The van der Waals surface area contributed by atoms with Gasteiger partial charge in [-0.2, -0.15) is 0 Å². The van der Waals surface area contributed by atoms with Crippen LogP contribution in [-0.4, -0.2) is 30.7 Å². The molecule has 0 atom stereocenters. The van der Waals surface area contributed by atoms with Crippen molar-refractivity contribution in [1.82, 2.24) is 0 Å². The number of rotatable bonds is 20. The third-order valence-electron chi connectivity index (χ3n) is 5.94. The average molecular weight is 500 g/mol. The van der Waals surface area contributed by atoms with E-state index in [1.54, 1.807) is 0 Å². The third-order valence-corrected chi connectivity index (χ3v) is 5.94. The summed E-state index contributed by atoms with van der Waals surface area (Å²) >= 11 is 0. The van der Waals surface area contributed by atoms with E-state index in [4.69, 9.17) is 0 Å². The van der Waals surface area contributed by atoms with E-state index in [-0.39, 0.29) is 0 Å². The number of quaternary nitrogens is 1. The predicted molar refractivity (Wildman–Crippen MR) is 130 cm³/mol. The molecule has 0 heterocycles. The molecule has 0 fully saturated rings. The van der Waals surface area contributed by atoms with Crippen molar-refractivity contribution in [2.75, 3.05) is 26.2 Å². The number of nitrogens with zero attached hydrogens (tertiary/aromatic N) is 1. The monoisotopic (exact) mass is 499 g/mol. The number of halogens is 6. The molecular formula is C24H52F6NP. The molecule has 0 aromatic carbocycles. The van der Waals surface area contributed by atoms with Gasteiger partial charge in [0.05, 0.1) is 26.2 Å². The zero-order valence-corrected chi connectivity index (χ0v) is 22.2. The van der Waals surface area contributed by atoms with Crippen LogP contribution in [0.3, 0.4) is 0 Å². The second-order valence-electron chi connectivity index (χ2n) is 9.44. The first-order valence-corrected chi connectivity index (χ1v) is 15.1. The van der Waals surface area contributed by atoms with Crippen LogP contribution >= 0.6 is 7.81 Å². The fourth-order valence-corrected chi connectivity index (χ4v) is 4.17. The van der Waals surface area contributed by atoms with Gasteiger partial charge >= 0.3 is 33.0 Å². The van der Waals surface area contributed by atoms with Gasteiger partial charge in [0.1, 0.15) is 0 Å². The Labute approximate surface area is 194 Å². The van der Waals surface area contributed by atoms with E-state index >= 15 is 0 Å². The first-order chi connectivity index (χ1) is 14.7. The molecule has 32 heavy (non-hydrogen) atoms. The summed E-state index contributed by atoms with van der Waals surface area (Å²) in [5.74, 6) is 0. The zero-order chi connectivity index (χ0) is 25.1. The van der Waals surface area contributed by atoms with Gasteiger partial charge in [-0.05, 0) is 51.4 Å². The Morgan fingerprint density at radius 1 is 0.375 bits per heavy atom. The van der Waals surface area contributed by atoms with Crippen molar-refractivity contribution in [2.45, 2.75) is 130 Å². The summed E-state index contributed by atoms with van der Waals surface area (Å²) in [6.45, 7) is 15.2. The SMILES string of the molecule is CCCCCC[N+](CCCCCC)(CCCCCC)CCCCCC.F[P-](F)(F)(F)(F)F. The molecule has 1 nitrogen and oxygen atoms in total. The maximum absolute atomic E-state index is 10.7. The summed E-state index contributed by atoms with van der Waals surface area (Å²) in [4.78, 5) is 0. The van der Waals surface area contributed by atoms with Crippen LogP contribution in [0.1, 0.15) is 130 Å². The van der Waals surface area contributed by atoms with Crippen LogP contribution in [0.15, 0.2) is 0 Å². The van der Waals surface area contributed by atoms with Crippen LogP contribution in [0.5, 0.6) is 0 Å². The zero-order valence-electron chi connectivity index (χ0n) is 21.3. The van der Waals surface area contributed by atoms with Gasteiger partial charge in [0.25, 0.3) is 0 Å². The number of hydrogen-bond donors (Lipinski definition) is 0. The molecule has 0 rings (SSSR count). The standard InChI is InChI=1S/C24H52N.F6P/c1-5-9-13-17-21-25(22-18-14-10-6-2,23-19-15-11-7-3)24-20-16-12-8-4;1-7(2,3,4,5)6/h5-24H2,1-4H3;/q+1;-1. The van der Waals surface area contributed by atoms with Crippen LogP contribution in [0.25, 0.3) is 0 Å². The summed E-state index contributed by atoms with van der Waals surface area (Å²) in [6.07, 6.45) is 22.8. The molecular weight excluding hydrogens is 447 g/mol. The molecule has 0 bridgehead atoms. The summed E-state index contributed by atoms with van der Waals surface area (Å²) in [7, 11) is -10.7. The van der Waals surface area contributed by atoms with E-state index in [2.05, 4.69) is 27.7 Å². The van der Waals surface area contributed by atoms with Crippen molar-refractivity contribution in [3.05, 3.63) is 0 Å². The van der Waals surface area contributed by atoms with Crippen molar-refractivity contribution in [2.24, 2.45) is 0 Å². The Morgan fingerprint density at radius 3 is 0.719 bits per heavy atom. The molecule has 200 valence electrons. The first-order valence-electron chi connectivity index (χ1n) is 13.1. The van der Waals surface area contributed by atoms with Gasteiger partial charge in [0, 0.05) is 0 Å². The van der Waals surface area contributed by atoms with Gasteiger partial charge in [-0.1, -0.05) is 79.1 Å². The van der Waals surface area contributed by atoms with E-state index in [0.29, 0.717) is 0 Å². The summed E-state index contributed by atoms with van der Waals surface area (Å²) in [5.41, 5.74) is 0. The molecule has 0 saturated heterocycles. The molecule has 0 spiro atoms. The van der Waals surface area contributed by atoms with Crippen molar-refractivity contribution in [3.8, 4) is 0 Å². The van der Waals surface area contributed by atoms with Gasteiger partial charge in [0.15, 0.2) is 0 Å². The second kappa shape index (κ2) is 16.6. The summed E-state index contributed by atoms with van der Waals surface area (Å²) < 4.78 is 60.7. The summed E-state index contributed by atoms with van der Waals surface area (Å²) in [5, 5.41) is 0. The molecule has 0 radical (unpaired) electrons. The number of hydrogen-bond acceptors (Lipinski definition) is 0. The van der Waals surface area contributed by atoms with Crippen LogP contribution < -0.4 is 0 Å². The van der Waals surface area contributed by atoms with Crippen LogP contribution in [0.4, 0.5) is 25.2 Å². The van der Waals surface area contributed by atoms with Crippen molar-refractivity contribution in [1.29, 1.82) is 0 Å². The normalized spacial score (nSPS) is 14.4. The van der Waals surface area contributed by atoms with Gasteiger partial charge in [-0.25, -0.2) is 0 Å². The molecule has 8 heteroatoms. The van der Waals surface area contributed by atoms with Gasteiger partial charge in [-0.3, -0.25) is 0 Å². The van der Waals surface area contributed by atoms with Gasteiger partial charge in [-0.15, -0.1) is 0 Å². The topological polar surface area (TPSA) is 0 Å². The minimum atomic E-state index is -10.7. The van der Waals surface area contributed by atoms with Gasteiger partial charge < -0.3 is 4.48 Å². The fourth-order valence-electron chi connectivity index (χ4n) is 4.17. The number of unbranched alkanes of at least 4 members (excludes halogenated alkanes) is 12. The molecule has 0 N–H and O–H groups in total. The van der Waals surface area contributed by atoms with Crippen molar-refractivity contribution >= 4 is 7.81 Å². The molecule has 0 aromatic rings. The summed E-state index contributed by atoms with van der Waals surface area (Å²) in [6, 6.07) is 0. The molecule has 0 aliphatic heterocycles. The molecule has 0 aliphatic carbocycles. The van der Waals surface area contributed by atoms with Crippen molar-refractivity contribution in [3.63, 3.8) is 0 Å². The molecule has 0 saturated carbocycles. The van der Waals surface area contributed by atoms with Crippen molar-refractivity contribution < 1.29 is 29.7 Å². The van der Waals surface area contributed by atoms with Crippen LogP contribution in [0.2, 0.25) is 0 Å². The van der Waals surface area contributed by atoms with E-state index in [1.807, 2.05) is 0 Å². The van der Waals surface area contributed by atoms with E-state index in [1.165, 1.54) is 133 Å². The van der Waals surface area contributed by atoms with E-state index in [9.17, 15) is 25.2 Å². The molecule has 0 aliphatic rings. The van der Waals surface area contributed by atoms with Crippen LogP contribution in [-0.2, 0) is 0 Å². The Bertz CT molecular complexity index is 360. The maximum atomic E-state index is 9.87. The fraction of sp³-hybridized carbons (Fsp3) is 1.00. The minimum absolute atomic E-state index is 1.36.